The maximum atomic E-state index is 13.2. The van der Waals surface area contributed by atoms with Crippen molar-refractivity contribution < 1.29 is 23.1 Å². The Kier molecular flexibility index (Phi) is 4.16. The number of amides is 1. The number of aliphatic hydroxyl groups is 1. The predicted octanol–water partition coefficient (Wildman–Crippen LogP) is 3.72. The first-order valence-electron chi connectivity index (χ1n) is 7.06. The lowest BCUT2D eigenvalue weighted by Crippen LogP contribution is -2.32. The summed E-state index contributed by atoms with van der Waals surface area (Å²) >= 11 is 1.23. The Hall–Kier alpha value is -1.86. The summed E-state index contributed by atoms with van der Waals surface area (Å²) in [6.07, 6.45) is -5.23. The second-order valence-electron chi connectivity index (χ2n) is 5.43. The minimum Gasteiger partial charge on any atom is -0.391 e. The average molecular weight is 341 g/mol. The van der Waals surface area contributed by atoms with Gasteiger partial charge < -0.3 is 10.0 Å². The molecule has 0 unspecified atom stereocenters. The SMILES string of the molecule is O=C(c1cccs1)N1C[C@@H](O)C[C@@H]1c1ccccc1C(F)(F)F. The highest BCUT2D eigenvalue weighted by molar-refractivity contribution is 7.12. The van der Waals surface area contributed by atoms with Crippen LogP contribution in [0.15, 0.2) is 41.8 Å². The van der Waals surface area contributed by atoms with E-state index in [1.54, 1.807) is 17.5 Å². The number of aliphatic hydroxyl groups excluding tert-OH is 1. The Morgan fingerprint density at radius 1 is 1.22 bits per heavy atom. The fourth-order valence-corrected chi connectivity index (χ4v) is 3.60. The molecular weight excluding hydrogens is 327 g/mol. The van der Waals surface area contributed by atoms with Crippen molar-refractivity contribution in [3.63, 3.8) is 0 Å². The van der Waals surface area contributed by atoms with E-state index in [4.69, 9.17) is 0 Å². The Balaban J connectivity index is 2.00. The summed E-state index contributed by atoms with van der Waals surface area (Å²) in [5.74, 6) is -0.349. The minimum absolute atomic E-state index is 0.0291. The highest BCUT2D eigenvalue weighted by Gasteiger charge is 2.41. The molecule has 0 spiro atoms. The van der Waals surface area contributed by atoms with Gasteiger partial charge in [0.05, 0.1) is 22.6 Å². The third-order valence-corrected chi connectivity index (χ3v) is 4.75. The topological polar surface area (TPSA) is 40.5 Å². The van der Waals surface area contributed by atoms with Crippen molar-refractivity contribution in [3.05, 3.63) is 57.8 Å². The van der Waals surface area contributed by atoms with Crippen LogP contribution < -0.4 is 0 Å². The van der Waals surface area contributed by atoms with Crippen LogP contribution in [0.5, 0.6) is 0 Å². The number of carbonyl (C=O) groups excluding carboxylic acids is 1. The Labute approximate surface area is 135 Å². The van der Waals surface area contributed by atoms with E-state index in [2.05, 4.69) is 0 Å². The highest BCUT2D eigenvalue weighted by atomic mass is 32.1. The van der Waals surface area contributed by atoms with E-state index in [0.29, 0.717) is 4.88 Å². The number of hydrogen-bond acceptors (Lipinski definition) is 3. The molecule has 3 rings (SSSR count). The second-order valence-corrected chi connectivity index (χ2v) is 6.37. The third kappa shape index (κ3) is 3.11. The smallest absolute Gasteiger partial charge is 0.391 e. The van der Waals surface area contributed by atoms with E-state index in [1.807, 2.05) is 0 Å². The number of benzene rings is 1. The second kappa shape index (κ2) is 5.98. The van der Waals surface area contributed by atoms with Gasteiger partial charge in [0.1, 0.15) is 0 Å². The van der Waals surface area contributed by atoms with Gasteiger partial charge in [0.2, 0.25) is 0 Å². The van der Waals surface area contributed by atoms with Crippen molar-refractivity contribution in [2.24, 2.45) is 0 Å². The Bertz CT molecular complexity index is 700. The van der Waals surface area contributed by atoms with Crippen LogP contribution >= 0.6 is 11.3 Å². The van der Waals surface area contributed by atoms with Gasteiger partial charge in [-0.25, -0.2) is 0 Å². The monoisotopic (exact) mass is 341 g/mol. The lowest BCUT2D eigenvalue weighted by atomic mass is 9.97. The van der Waals surface area contributed by atoms with Crippen LogP contribution in [0.4, 0.5) is 13.2 Å². The number of β-amino-alcohol motifs (C(OH)–C–C–N with tert-alkyl or cyclic N) is 1. The number of rotatable bonds is 2. The molecule has 1 aliphatic heterocycles. The predicted molar refractivity (Wildman–Crippen MR) is 80.2 cm³/mol. The van der Waals surface area contributed by atoms with Crippen LogP contribution in [0.25, 0.3) is 0 Å². The molecule has 1 aromatic heterocycles. The van der Waals surface area contributed by atoms with Crippen molar-refractivity contribution >= 4 is 17.2 Å². The first-order valence-corrected chi connectivity index (χ1v) is 7.94. The quantitative estimate of drug-likeness (QED) is 0.904. The number of halogens is 3. The summed E-state index contributed by atoms with van der Waals surface area (Å²) in [7, 11) is 0. The van der Waals surface area contributed by atoms with E-state index >= 15 is 0 Å². The molecule has 0 radical (unpaired) electrons. The van der Waals surface area contributed by atoms with Gasteiger partial charge in [-0.15, -0.1) is 11.3 Å². The summed E-state index contributed by atoms with van der Waals surface area (Å²) < 4.78 is 39.7. The zero-order valence-electron chi connectivity index (χ0n) is 12.0. The average Bonchev–Trinajstić information content (AvgIpc) is 3.15. The molecule has 23 heavy (non-hydrogen) atoms. The lowest BCUT2D eigenvalue weighted by molar-refractivity contribution is -0.138. The molecule has 1 aromatic carbocycles. The van der Waals surface area contributed by atoms with Crippen LogP contribution in [0.1, 0.15) is 33.3 Å². The molecule has 2 atom stereocenters. The van der Waals surface area contributed by atoms with Crippen molar-refractivity contribution in [3.8, 4) is 0 Å². The number of nitrogens with zero attached hydrogens (tertiary/aromatic N) is 1. The summed E-state index contributed by atoms with van der Waals surface area (Å²) in [6, 6.07) is 7.78. The van der Waals surface area contributed by atoms with E-state index in [-0.39, 0.29) is 24.4 Å². The summed E-state index contributed by atoms with van der Waals surface area (Å²) in [5, 5.41) is 11.6. The van der Waals surface area contributed by atoms with Crippen LogP contribution in [0, 0.1) is 0 Å². The largest absolute Gasteiger partial charge is 0.416 e. The van der Waals surface area contributed by atoms with Gasteiger partial charge in [0.15, 0.2) is 0 Å². The molecule has 1 saturated heterocycles. The van der Waals surface area contributed by atoms with Gasteiger partial charge >= 0.3 is 6.18 Å². The van der Waals surface area contributed by atoms with Crippen molar-refractivity contribution in [1.82, 2.24) is 4.90 Å². The van der Waals surface area contributed by atoms with E-state index < -0.39 is 23.9 Å². The molecule has 2 aromatic rings. The first kappa shape index (κ1) is 16.0. The van der Waals surface area contributed by atoms with Crippen LogP contribution in [-0.2, 0) is 6.18 Å². The van der Waals surface area contributed by atoms with Crippen LogP contribution in [-0.4, -0.2) is 28.6 Å². The molecule has 1 fully saturated rings. The molecule has 0 saturated carbocycles. The number of alkyl halides is 3. The number of hydrogen-bond donors (Lipinski definition) is 1. The van der Waals surface area contributed by atoms with Gasteiger partial charge in [0.25, 0.3) is 5.91 Å². The van der Waals surface area contributed by atoms with Crippen molar-refractivity contribution in [1.29, 1.82) is 0 Å². The molecule has 1 amide bonds. The zero-order chi connectivity index (χ0) is 16.6. The van der Waals surface area contributed by atoms with E-state index in [0.717, 1.165) is 6.07 Å². The number of thiophene rings is 1. The van der Waals surface area contributed by atoms with E-state index in [1.165, 1.54) is 34.4 Å². The molecule has 2 heterocycles. The molecule has 1 N–H and O–H groups in total. The number of carbonyl (C=O) groups is 1. The molecule has 122 valence electrons. The first-order chi connectivity index (χ1) is 10.9. The lowest BCUT2D eigenvalue weighted by Gasteiger charge is -2.26. The van der Waals surface area contributed by atoms with Gasteiger partial charge in [-0.2, -0.15) is 13.2 Å². The van der Waals surface area contributed by atoms with Gasteiger partial charge in [0, 0.05) is 6.54 Å². The third-order valence-electron chi connectivity index (χ3n) is 3.90. The summed E-state index contributed by atoms with van der Waals surface area (Å²) in [6.45, 7) is 0.0353. The fourth-order valence-electron chi connectivity index (χ4n) is 2.92. The fraction of sp³-hybridized carbons (Fsp3) is 0.312. The molecule has 1 aliphatic rings. The minimum atomic E-state index is -4.50. The summed E-state index contributed by atoms with van der Waals surface area (Å²) in [5.41, 5.74) is -0.732. The standard InChI is InChI=1S/C16H14F3NO2S/c17-16(18,19)12-5-2-1-4-11(12)13-8-10(21)9-20(13)15(22)14-6-3-7-23-14/h1-7,10,13,21H,8-9H2/t10-,13+/m0/s1. The Morgan fingerprint density at radius 2 is 1.96 bits per heavy atom. The van der Waals surface area contributed by atoms with Crippen molar-refractivity contribution in [2.45, 2.75) is 24.7 Å². The molecular formula is C16H14F3NO2S. The zero-order valence-corrected chi connectivity index (χ0v) is 12.8. The Morgan fingerprint density at radius 3 is 2.61 bits per heavy atom. The van der Waals surface area contributed by atoms with Gasteiger partial charge in [-0.1, -0.05) is 24.3 Å². The molecule has 3 nitrogen and oxygen atoms in total. The van der Waals surface area contributed by atoms with Gasteiger partial charge in [-0.05, 0) is 29.5 Å². The van der Waals surface area contributed by atoms with Gasteiger partial charge in [-0.3, -0.25) is 4.79 Å². The molecule has 0 bridgehead atoms. The number of likely N-dealkylation sites (tertiary alicyclic amines) is 1. The molecule has 0 aliphatic carbocycles. The normalized spacial score (nSPS) is 21.7. The maximum absolute atomic E-state index is 13.2. The van der Waals surface area contributed by atoms with Crippen LogP contribution in [0.3, 0.4) is 0 Å². The summed E-state index contributed by atoms with van der Waals surface area (Å²) in [4.78, 5) is 14.3. The van der Waals surface area contributed by atoms with E-state index in [9.17, 15) is 23.1 Å². The van der Waals surface area contributed by atoms with Crippen LogP contribution in [0.2, 0.25) is 0 Å². The highest BCUT2D eigenvalue weighted by Crippen LogP contribution is 2.41. The van der Waals surface area contributed by atoms with Crippen molar-refractivity contribution in [2.75, 3.05) is 6.54 Å². The molecule has 7 heteroatoms. The maximum Gasteiger partial charge on any atom is 0.416 e.